The number of aliphatic imine (C=N–C) groups is 1. The van der Waals surface area contributed by atoms with E-state index >= 15 is 0 Å². The minimum Gasteiger partial charge on any atom is -0.476 e. The van der Waals surface area contributed by atoms with Crippen LogP contribution >= 0.6 is 0 Å². The summed E-state index contributed by atoms with van der Waals surface area (Å²) in [5.41, 5.74) is 1.73. The molecule has 1 unspecified atom stereocenters. The number of carbonyl (C=O) groups is 1. The van der Waals surface area contributed by atoms with Gasteiger partial charge in [0.2, 0.25) is 0 Å². The zero-order valence-corrected chi connectivity index (χ0v) is 9.42. The van der Waals surface area contributed by atoms with Crippen molar-refractivity contribution in [2.24, 2.45) is 10.8 Å². The maximum atomic E-state index is 11.0. The van der Waals surface area contributed by atoms with Crippen molar-refractivity contribution in [3.8, 4) is 0 Å². The van der Waals surface area contributed by atoms with Crippen LogP contribution in [0.2, 0.25) is 0 Å². The molecule has 0 rings (SSSR count). The minimum absolute atomic E-state index is 0.299. The number of amides is 1. The van der Waals surface area contributed by atoms with Gasteiger partial charge >= 0.3 is 0 Å². The van der Waals surface area contributed by atoms with E-state index in [4.69, 9.17) is 10.6 Å². The van der Waals surface area contributed by atoms with Crippen molar-refractivity contribution in [3.63, 3.8) is 0 Å². The molecule has 3 N–H and O–H groups in total. The van der Waals surface area contributed by atoms with E-state index in [-0.39, 0.29) is 11.5 Å². The van der Waals surface area contributed by atoms with E-state index in [0.29, 0.717) is 5.90 Å². The van der Waals surface area contributed by atoms with Crippen LogP contribution in [0.3, 0.4) is 0 Å². The van der Waals surface area contributed by atoms with Crippen molar-refractivity contribution in [2.75, 3.05) is 0 Å². The zero-order chi connectivity index (χ0) is 11.4. The highest BCUT2D eigenvalue weighted by molar-refractivity contribution is 5.84. The Morgan fingerprint density at radius 3 is 2.36 bits per heavy atom. The number of hydrogen-bond acceptors (Lipinski definition) is 4. The number of carbonyl (C=O) groups excluding carboxylic acids is 1. The molecule has 0 bridgehead atoms. The van der Waals surface area contributed by atoms with Crippen LogP contribution in [0.25, 0.3) is 0 Å². The third-order valence-electron chi connectivity index (χ3n) is 1.35. The van der Waals surface area contributed by atoms with Gasteiger partial charge in [-0.15, -0.1) is 0 Å². The highest BCUT2D eigenvalue weighted by atomic mass is 16.5. The van der Waals surface area contributed by atoms with Crippen molar-refractivity contribution < 1.29 is 9.53 Å². The Balaban J connectivity index is 4.30. The van der Waals surface area contributed by atoms with Crippen molar-refractivity contribution in [1.29, 1.82) is 0 Å². The molecular formula is C9H19N3O2. The lowest BCUT2D eigenvalue weighted by molar-refractivity contribution is -0.122. The smallest absolute Gasteiger partial charge is 0.258 e. The fraction of sp³-hybridized carbons (Fsp3) is 0.778. The first-order valence-electron chi connectivity index (χ1n) is 4.50. The molecule has 0 aromatic carbocycles. The maximum Gasteiger partial charge on any atom is 0.258 e. The molecule has 0 radical (unpaired) electrons. The summed E-state index contributed by atoms with van der Waals surface area (Å²) in [5, 5.41) is 0. The van der Waals surface area contributed by atoms with Gasteiger partial charge in [0.1, 0.15) is 11.6 Å². The average molecular weight is 201 g/mol. The Hall–Kier alpha value is -1.10. The number of nitrogens with one attached hydrogen (secondary N) is 1. The fourth-order valence-electron chi connectivity index (χ4n) is 0.921. The van der Waals surface area contributed by atoms with E-state index in [1.165, 1.54) is 0 Å². The molecule has 0 aliphatic carbocycles. The Morgan fingerprint density at radius 2 is 2.00 bits per heavy atom. The first-order valence-corrected chi connectivity index (χ1v) is 4.50. The Bertz CT molecular complexity index is 231. The van der Waals surface area contributed by atoms with Crippen molar-refractivity contribution in [2.45, 2.75) is 46.3 Å². The quantitative estimate of drug-likeness (QED) is 0.226. The maximum absolute atomic E-state index is 11.0. The number of hydrazine groups is 1. The summed E-state index contributed by atoms with van der Waals surface area (Å²) in [7, 11) is 0. The number of nitrogens with two attached hydrogens (primary N) is 1. The Kier molecular flexibility index (Phi) is 4.56. The van der Waals surface area contributed by atoms with Crippen molar-refractivity contribution >= 4 is 11.8 Å². The molecule has 5 nitrogen and oxygen atoms in total. The summed E-state index contributed by atoms with van der Waals surface area (Å²) in [4.78, 5) is 15.0. The van der Waals surface area contributed by atoms with Crippen LogP contribution in [0.15, 0.2) is 4.99 Å². The second kappa shape index (κ2) is 4.95. The lowest BCUT2D eigenvalue weighted by atomic mass is 10.2. The fourth-order valence-corrected chi connectivity index (χ4v) is 0.921. The van der Waals surface area contributed by atoms with Crippen LogP contribution in [0.5, 0.6) is 0 Å². The molecule has 0 aliphatic rings. The normalized spacial score (nSPS) is 14.9. The van der Waals surface area contributed by atoms with E-state index in [2.05, 4.69) is 4.99 Å². The van der Waals surface area contributed by atoms with Gasteiger partial charge in [0, 0.05) is 6.92 Å². The molecule has 5 heteroatoms. The van der Waals surface area contributed by atoms with E-state index < -0.39 is 6.04 Å². The van der Waals surface area contributed by atoms with Crippen molar-refractivity contribution in [1.82, 2.24) is 5.43 Å². The molecular weight excluding hydrogens is 182 g/mol. The highest BCUT2D eigenvalue weighted by Gasteiger charge is 2.14. The highest BCUT2D eigenvalue weighted by Crippen LogP contribution is 2.08. The minimum atomic E-state index is -0.526. The van der Waals surface area contributed by atoms with Gasteiger partial charge in [0.15, 0.2) is 5.90 Å². The third kappa shape index (κ3) is 5.53. The molecule has 82 valence electrons. The van der Waals surface area contributed by atoms with E-state index in [9.17, 15) is 4.79 Å². The topological polar surface area (TPSA) is 76.7 Å². The summed E-state index contributed by atoms with van der Waals surface area (Å²) >= 11 is 0. The molecule has 0 aromatic heterocycles. The van der Waals surface area contributed by atoms with Gasteiger partial charge in [0.05, 0.1) is 0 Å². The number of rotatable bonds is 2. The molecule has 1 atom stereocenters. The summed E-state index contributed by atoms with van der Waals surface area (Å²) in [6, 6.07) is -0.526. The molecule has 0 aromatic rings. The second-order valence-corrected chi connectivity index (χ2v) is 4.05. The van der Waals surface area contributed by atoms with Crippen LogP contribution < -0.4 is 11.3 Å². The SMILES string of the molecule is CC(=NC(C)C(=O)NN)OC(C)(C)C. The van der Waals surface area contributed by atoms with Crippen LogP contribution in [0.4, 0.5) is 0 Å². The van der Waals surface area contributed by atoms with Gasteiger partial charge in [-0.1, -0.05) is 0 Å². The van der Waals surface area contributed by atoms with Crippen LogP contribution in [0, 0.1) is 0 Å². The lowest BCUT2D eigenvalue weighted by Crippen LogP contribution is -2.37. The summed E-state index contributed by atoms with van der Waals surface area (Å²) < 4.78 is 5.43. The molecule has 0 aliphatic heterocycles. The van der Waals surface area contributed by atoms with Crippen LogP contribution in [0.1, 0.15) is 34.6 Å². The number of hydrogen-bond donors (Lipinski definition) is 2. The van der Waals surface area contributed by atoms with Gasteiger partial charge < -0.3 is 4.74 Å². The number of nitrogens with zero attached hydrogens (tertiary/aromatic N) is 1. The largest absolute Gasteiger partial charge is 0.476 e. The molecule has 0 fully saturated rings. The summed E-state index contributed by atoms with van der Waals surface area (Å²) in [5.74, 6) is 5.11. The van der Waals surface area contributed by atoms with Crippen LogP contribution in [-0.2, 0) is 9.53 Å². The first kappa shape index (κ1) is 12.9. The molecule has 0 spiro atoms. The standard InChI is InChI=1S/C9H19N3O2/c1-6(8(13)12-10)11-7(2)14-9(3,4)5/h6H,10H2,1-5H3,(H,12,13). The molecule has 0 heterocycles. The molecule has 0 saturated heterocycles. The third-order valence-corrected chi connectivity index (χ3v) is 1.35. The molecule has 0 saturated carbocycles. The molecule has 1 amide bonds. The predicted octanol–water partition coefficient (Wildman–Crippen LogP) is 0.598. The summed E-state index contributed by atoms with van der Waals surface area (Å²) in [6.45, 7) is 9.11. The van der Waals surface area contributed by atoms with Gasteiger partial charge in [-0.2, -0.15) is 0 Å². The predicted molar refractivity (Wildman–Crippen MR) is 55.7 cm³/mol. The van der Waals surface area contributed by atoms with E-state index in [1.807, 2.05) is 26.2 Å². The molecule has 14 heavy (non-hydrogen) atoms. The number of ether oxygens (including phenoxy) is 1. The lowest BCUT2D eigenvalue weighted by Gasteiger charge is -2.21. The Morgan fingerprint density at radius 1 is 1.50 bits per heavy atom. The summed E-state index contributed by atoms with van der Waals surface area (Å²) in [6.07, 6.45) is 0. The van der Waals surface area contributed by atoms with E-state index in [0.717, 1.165) is 0 Å². The van der Waals surface area contributed by atoms with Gasteiger partial charge in [-0.05, 0) is 27.7 Å². The monoisotopic (exact) mass is 201 g/mol. The van der Waals surface area contributed by atoms with Crippen molar-refractivity contribution in [3.05, 3.63) is 0 Å². The van der Waals surface area contributed by atoms with Gasteiger partial charge in [0.25, 0.3) is 5.91 Å². The Labute approximate surface area is 84.7 Å². The average Bonchev–Trinajstić information content (AvgIpc) is 1.99. The zero-order valence-electron chi connectivity index (χ0n) is 9.42. The van der Waals surface area contributed by atoms with Gasteiger partial charge in [-0.25, -0.2) is 10.8 Å². The van der Waals surface area contributed by atoms with Crippen LogP contribution in [-0.4, -0.2) is 23.4 Å². The second-order valence-electron chi connectivity index (χ2n) is 4.05. The van der Waals surface area contributed by atoms with Gasteiger partial charge in [-0.3, -0.25) is 10.2 Å². The first-order chi connectivity index (χ1) is 6.26. The van der Waals surface area contributed by atoms with E-state index in [1.54, 1.807) is 13.8 Å².